The summed E-state index contributed by atoms with van der Waals surface area (Å²) in [7, 11) is 0.152. The van der Waals surface area contributed by atoms with Crippen molar-refractivity contribution < 1.29 is 14.8 Å². The Hall–Kier alpha value is -0.835. The molecule has 1 aromatic rings. The molecule has 0 aliphatic heterocycles. The van der Waals surface area contributed by atoms with Crippen molar-refractivity contribution in [2.75, 3.05) is 7.11 Å². The molecule has 0 radical (unpaired) electrons. The smallest absolute Gasteiger partial charge is 0.423 e. The molecule has 0 saturated carbocycles. The van der Waals surface area contributed by atoms with Gasteiger partial charge in [-0.2, -0.15) is 0 Å². The van der Waals surface area contributed by atoms with Crippen LogP contribution in [0.1, 0.15) is 18.6 Å². The highest BCUT2D eigenvalue weighted by molar-refractivity contribution is 6.59. The van der Waals surface area contributed by atoms with Gasteiger partial charge < -0.3 is 14.8 Å². The lowest BCUT2D eigenvalue weighted by atomic mass is 9.76. The van der Waals surface area contributed by atoms with Crippen LogP contribution in [0.5, 0.6) is 0 Å². The van der Waals surface area contributed by atoms with Crippen LogP contribution >= 0.6 is 0 Å². The summed E-state index contributed by atoms with van der Waals surface area (Å²) in [6.07, 6.45) is -0.127. The second-order valence-electron chi connectivity index (χ2n) is 2.88. The summed E-state index contributed by atoms with van der Waals surface area (Å²) in [4.78, 5) is 0. The Kier molecular flexibility index (Phi) is 3.48. The Morgan fingerprint density at radius 3 is 2.46 bits per heavy atom. The molecule has 0 bridgehead atoms. The van der Waals surface area contributed by atoms with Crippen molar-refractivity contribution in [3.8, 4) is 0 Å². The molecule has 0 fully saturated rings. The lowest BCUT2D eigenvalue weighted by Gasteiger charge is -2.14. The van der Waals surface area contributed by atoms with E-state index in [0.29, 0.717) is 5.46 Å². The van der Waals surface area contributed by atoms with Crippen molar-refractivity contribution in [1.82, 2.24) is 0 Å². The van der Waals surface area contributed by atoms with E-state index in [9.17, 15) is 0 Å². The molecule has 0 heterocycles. The largest absolute Gasteiger partial charge is 0.488 e. The Bertz CT molecular complexity index is 275. The van der Waals surface area contributed by atoms with Gasteiger partial charge in [-0.25, -0.2) is 0 Å². The van der Waals surface area contributed by atoms with Gasteiger partial charge in [-0.15, -0.1) is 0 Å². The summed E-state index contributed by atoms with van der Waals surface area (Å²) in [6.45, 7) is 1.86. The third kappa shape index (κ3) is 2.31. The van der Waals surface area contributed by atoms with Gasteiger partial charge in [0.2, 0.25) is 0 Å². The van der Waals surface area contributed by atoms with Crippen molar-refractivity contribution in [2.24, 2.45) is 0 Å². The van der Waals surface area contributed by atoms with Gasteiger partial charge in [0.1, 0.15) is 0 Å². The average Bonchev–Trinajstić information content (AvgIpc) is 2.16. The summed E-state index contributed by atoms with van der Waals surface area (Å²) in [5.74, 6) is 0. The molecule has 0 saturated heterocycles. The minimum Gasteiger partial charge on any atom is -0.423 e. The molecular weight excluding hydrogens is 167 g/mol. The molecule has 2 N–H and O–H groups in total. The van der Waals surface area contributed by atoms with Crippen molar-refractivity contribution in [3.63, 3.8) is 0 Å². The van der Waals surface area contributed by atoms with Gasteiger partial charge in [0.15, 0.2) is 0 Å². The zero-order valence-corrected chi connectivity index (χ0v) is 7.77. The topological polar surface area (TPSA) is 49.7 Å². The van der Waals surface area contributed by atoms with Crippen molar-refractivity contribution in [3.05, 3.63) is 29.8 Å². The summed E-state index contributed by atoms with van der Waals surface area (Å²) in [6, 6.07) is 7.11. The first-order chi connectivity index (χ1) is 6.16. The van der Waals surface area contributed by atoms with Crippen LogP contribution in [0, 0.1) is 0 Å². The van der Waals surface area contributed by atoms with Gasteiger partial charge in [0.05, 0.1) is 6.10 Å². The lowest BCUT2D eigenvalue weighted by Crippen LogP contribution is -2.33. The Morgan fingerprint density at radius 2 is 1.92 bits per heavy atom. The number of hydrogen-bond acceptors (Lipinski definition) is 3. The van der Waals surface area contributed by atoms with Crippen LogP contribution in [0.3, 0.4) is 0 Å². The maximum atomic E-state index is 9.05. The molecule has 0 spiro atoms. The van der Waals surface area contributed by atoms with Crippen molar-refractivity contribution >= 4 is 12.6 Å². The van der Waals surface area contributed by atoms with E-state index in [2.05, 4.69) is 0 Å². The molecule has 1 rings (SSSR count). The molecule has 3 nitrogen and oxygen atoms in total. The molecule has 0 aliphatic rings. The summed E-state index contributed by atoms with van der Waals surface area (Å²) in [5.41, 5.74) is 1.30. The second-order valence-corrected chi connectivity index (χ2v) is 2.88. The van der Waals surface area contributed by atoms with E-state index in [-0.39, 0.29) is 6.10 Å². The van der Waals surface area contributed by atoms with Gasteiger partial charge in [0.25, 0.3) is 0 Å². The number of ether oxygens (including phenoxy) is 1. The maximum Gasteiger partial charge on any atom is 0.488 e. The van der Waals surface area contributed by atoms with E-state index >= 15 is 0 Å². The fraction of sp³-hybridized carbons (Fsp3) is 0.333. The van der Waals surface area contributed by atoms with Gasteiger partial charge in [-0.05, 0) is 17.9 Å². The average molecular weight is 180 g/mol. The first-order valence-electron chi connectivity index (χ1n) is 4.14. The van der Waals surface area contributed by atoms with Crippen LogP contribution in [0.15, 0.2) is 24.3 Å². The molecule has 4 heteroatoms. The van der Waals surface area contributed by atoms with E-state index in [4.69, 9.17) is 14.8 Å². The molecule has 0 unspecified atom stereocenters. The number of rotatable bonds is 3. The SMILES string of the molecule is CO[C@H](C)c1ccccc1B(O)O. The quantitative estimate of drug-likeness (QED) is 0.647. The zero-order valence-electron chi connectivity index (χ0n) is 7.77. The van der Waals surface area contributed by atoms with Gasteiger partial charge in [-0.3, -0.25) is 0 Å². The predicted molar refractivity (Wildman–Crippen MR) is 51.7 cm³/mol. The van der Waals surface area contributed by atoms with Crippen LogP contribution in [-0.4, -0.2) is 24.3 Å². The molecule has 13 heavy (non-hydrogen) atoms. The minimum absolute atomic E-state index is 0.127. The highest BCUT2D eigenvalue weighted by atomic mass is 16.5. The molecule has 1 aromatic carbocycles. The van der Waals surface area contributed by atoms with E-state index in [1.54, 1.807) is 19.2 Å². The Balaban J connectivity index is 3.04. The van der Waals surface area contributed by atoms with Crippen LogP contribution in [0.2, 0.25) is 0 Å². The lowest BCUT2D eigenvalue weighted by molar-refractivity contribution is 0.120. The summed E-state index contributed by atoms with van der Waals surface area (Å²) in [5, 5.41) is 18.1. The molecule has 1 atom stereocenters. The first kappa shape index (κ1) is 10.2. The highest BCUT2D eigenvalue weighted by Crippen LogP contribution is 2.12. The van der Waals surface area contributed by atoms with Crippen LogP contribution in [0.25, 0.3) is 0 Å². The monoisotopic (exact) mass is 180 g/mol. The zero-order chi connectivity index (χ0) is 9.84. The molecule has 0 aromatic heterocycles. The third-order valence-electron chi connectivity index (χ3n) is 2.07. The van der Waals surface area contributed by atoms with Gasteiger partial charge in [0, 0.05) is 7.11 Å². The van der Waals surface area contributed by atoms with Gasteiger partial charge >= 0.3 is 7.12 Å². The van der Waals surface area contributed by atoms with E-state index < -0.39 is 7.12 Å². The number of hydrogen-bond donors (Lipinski definition) is 2. The third-order valence-corrected chi connectivity index (χ3v) is 2.07. The molecule has 0 aliphatic carbocycles. The van der Waals surface area contributed by atoms with Crippen LogP contribution in [-0.2, 0) is 4.74 Å². The fourth-order valence-corrected chi connectivity index (χ4v) is 1.24. The molecule has 0 amide bonds. The number of methoxy groups -OCH3 is 1. The normalized spacial score (nSPS) is 12.6. The van der Waals surface area contributed by atoms with Crippen molar-refractivity contribution in [2.45, 2.75) is 13.0 Å². The predicted octanol–water partition coefficient (Wildman–Crippen LogP) is 0.0738. The van der Waals surface area contributed by atoms with Crippen molar-refractivity contribution in [1.29, 1.82) is 0 Å². The molecular formula is C9H13BO3. The second kappa shape index (κ2) is 4.41. The molecule has 70 valence electrons. The first-order valence-corrected chi connectivity index (χ1v) is 4.14. The summed E-state index contributed by atoms with van der Waals surface area (Å²) < 4.78 is 5.10. The van der Waals surface area contributed by atoms with Crippen LogP contribution < -0.4 is 5.46 Å². The number of benzene rings is 1. The summed E-state index contributed by atoms with van der Waals surface area (Å²) >= 11 is 0. The Labute approximate surface area is 78.1 Å². The minimum atomic E-state index is -1.44. The highest BCUT2D eigenvalue weighted by Gasteiger charge is 2.18. The Morgan fingerprint density at radius 1 is 1.31 bits per heavy atom. The van der Waals surface area contributed by atoms with E-state index in [0.717, 1.165) is 5.56 Å². The fourth-order valence-electron chi connectivity index (χ4n) is 1.24. The standard InChI is InChI=1S/C9H13BO3/c1-7(13-2)8-5-3-4-6-9(8)10(11)12/h3-7,11-12H,1-2H3/t7-/m1/s1. The van der Waals surface area contributed by atoms with E-state index in [1.807, 2.05) is 19.1 Å². The maximum absolute atomic E-state index is 9.05. The van der Waals surface area contributed by atoms with Crippen LogP contribution in [0.4, 0.5) is 0 Å². The van der Waals surface area contributed by atoms with E-state index in [1.165, 1.54) is 0 Å². The van der Waals surface area contributed by atoms with Gasteiger partial charge in [-0.1, -0.05) is 24.3 Å².